The van der Waals surface area contributed by atoms with Crippen molar-refractivity contribution in [2.45, 2.75) is 0 Å². The predicted octanol–water partition coefficient (Wildman–Crippen LogP) is -0.473. The Balaban J connectivity index is 0.000000236. The SMILES string of the molecule is N=C=O.O=C1C=CC(=O)O1. The van der Waals surface area contributed by atoms with Gasteiger partial charge in [0.25, 0.3) is 0 Å². The largest absolute Gasteiger partial charge is 0.387 e. The van der Waals surface area contributed by atoms with Gasteiger partial charge in [-0.2, -0.15) is 0 Å². The molecule has 0 bridgehead atoms. The summed E-state index contributed by atoms with van der Waals surface area (Å²) in [4.78, 5) is 28.2. The second kappa shape index (κ2) is 4.17. The van der Waals surface area contributed by atoms with E-state index in [-0.39, 0.29) is 0 Å². The molecule has 0 fully saturated rings. The minimum atomic E-state index is -0.579. The van der Waals surface area contributed by atoms with E-state index in [2.05, 4.69) is 4.74 Å². The lowest BCUT2D eigenvalue weighted by Gasteiger charge is -1.80. The molecule has 5 heteroatoms. The van der Waals surface area contributed by atoms with Crippen molar-refractivity contribution in [1.82, 2.24) is 0 Å². The van der Waals surface area contributed by atoms with Crippen molar-refractivity contribution in [3.05, 3.63) is 12.2 Å². The van der Waals surface area contributed by atoms with Crippen molar-refractivity contribution in [3.63, 3.8) is 0 Å². The topological polar surface area (TPSA) is 84.3 Å². The van der Waals surface area contributed by atoms with Crippen LogP contribution in [0.2, 0.25) is 0 Å². The maximum atomic E-state index is 9.92. The van der Waals surface area contributed by atoms with Crippen molar-refractivity contribution in [2.75, 3.05) is 0 Å². The Hall–Kier alpha value is -1.74. The van der Waals surface area contributed by atoms with Crippen LogP contribution in [-0.2, 0) is 19.1 Å². The second-order valence-electron chi connectivity index (χ2n) is 1.18. The van der Waals surface area contributed by atoms with Crippen molar-refractivity contribution >= 4 is 18.0 Å². The molecule has 52 valence electrons. The van der Waals surface area contributed by atoms with Crippen LogP contribution in [0.1, 0.15) is 0 Å². The average Bonchev–Trinajstić information content (AvgIpc) is 2.17. The van der Waals surface area contributed by atoms with Gasteiger partial charge in [0.1, 0.15) is 0 Å². The lowest BCUT2D eigenvalue weighted by Crippen LogP contribution is -1.96. The van der Waals surface area contributed by atoms with Crippen LogP contribution in [0.4, 0.5) is 0 Å². The standard InChI is InChI=1S/C4H2O3.CHNO/c5-3-1-2-4(6)7-3;2-1-3/h1-2H;2H. The van der Waals surface area contributed by atoms with E-state index in [1.807, 2.05) is 0 Å². The number of hydrogen-bond donors (Lipinski definition) is 1. The lowest BCUT2D eigenvalue weighted by atomic mass is 10.6. The van der Waals surface area contributed by atoms with Crippen molar-refractivity contribution in [3.8, 4) is 0 Å². The zero-order valence-electron chi connectivity index (χ0n) is 4.79. The molecule has 0 radical (unpaired) electrons. The van der Waals surface area contributed by atoms with Gasteiger partial charge in [-0.15, -0.1) is 0 Å². The van der Waals surface area contributed by atoms with Crippen LogP contribution >= 0.6 is 0 Å². The van der Waals surface area contributed by atoms with E-state index in [0.717, 1.165) is 18.2 Å². The highest BCUT2D eigenvalue weighted by molar-refractivity contribution is 6.04. The van der Waals surface area contributed by atoms with Crippen LogP contribution in [-0.4, -0.2) is 18.0 Å². The number of cyclic esters (lactones) is 2. The third-order valence-corrected chi connectivity index (χ3v) is 0.557. The Morgan fingerprint density at radius 3 is 1.70 bits per heavy atom. The number of rotatable bonds is 0. The molecule has 0 saturated carbocycles. The molecule has 10 heavy (non-hydrogen) atoms. The summed E-state index contributed by atoms with van der Waals surface area (Å²) in [5.74, 6) is -1.16. The molecule has 1 aliphatic heterocycles. The van der Waals surface area contributed by atoms with Gasteiger partial charge in [0.05, 0.1) is 0 Å². The Bertz CT molecular complexity index is 196. The van der Waals surface area contributed by atoms with Crippen LogP contribution < -0.4 is 0 Å². The fourth-order valence-corrected chi connectivity index (χ4v) is 0.303. The smallest absolute Gasteiger partial charge is 0.338 e. The first kappa shape index (κ1) is 8.26. The minimum Gasteiger partial charge on any atom is -0.387 e. The number of hydrogen-bond acceptors (Lipinski definition) is 5. The minimum absolute atomic E-state index is 0.579. The third kappa shape index (κ3) is 3.29. The molecule has 1 N–H and O–H groups in total. The summed E-state index contributed by atoms with van der Waals surface area (Å²) in [5.41, 5.74) is 0. The van der Waals surface area contributed by atoms with E-state index in [9.17, 15) is 9.59 Å². The Morgan fingerprint density at radius 1 is 1.30 bits per heavy atom. The molecule has 0 aromatic heterocycles. The fourth-order valence-electron chi connectivity index (χ4n) is 0.303. The van der Waals surface area contributed by atoms with Gasteiger partial charge in [0, 0.05) is 12.2 Å². The second-order valence-corrected chi connectivity index (χ2v) is 1.18. The van der Waals surface area contributed by atoms with Crippen LogP contribution in [0.15, 0.2) is 12.2 Å². The normalized spacial score (nSPS) is 13.2. The monoisotopic (exact) mass is 141 g/mol. The Kier molecular flexibility index (Phi) is 3.44. The van der Waals surface area contributed by atoms with Crippen LogP contribution in [0.5, 0.6) is 0 Å². The zero-order chi connectivity index (χ0) is 7.98. The van der Waals surface area contributed by atoms with Crippen LogP contribution in [0.3, 0.4) is 0 Å². The Morgan fingerprint density at radius 2 is 1.60 bits per heavy atom. The summed E-state index contributed by atoms with van der Waals surface area (Å²) >= 11 is 0. The number of isocyanates is 1. The van der Waals surface area contributed by atoms with Crippen molar-refractivity contribution < 1.29 is 19.1 Å². The maximum Gasteiger partial charge on any atom is 0.338 e. The summed E-state index contributed by atoms with van der Waals surface area (Å²) < 4.78 is 3.97. The summed E-state index contributed by atoms with van der Waals surface area (Å²) in [6.07, 6.45) is 2.92. The number of carbonyl (C=O) groups is 2. The van der Waals surface area contributed by atoms with Gasteiger partial charge in [0.15, 0.2) is 0 Å². The van der Waals surface area contributed by atoms with Gasteiger partial charge in [-0.25, -0.2) is 19.8 Å². The summed E-state index contributed by atoms with van der Waals surface area (Å²) in [6, 6.07) is 0. The van der Waals surface area contributed by atoms with Gasteiger partial charge < -0.3 is 4.74 Å². The first-order chi connectivity index (χ1) is 4.70. The first-order valence-corrected chi connectivity index (χ1v) is 2.18. The van der Waals surface area contributed by atoms with Gasteiger partial charge >= 0.3 is 11.9 Å². The molecule has 0 unspecified atom stereocenters. The summed E-state index contributed by atoms with van der Waals surface area (Å²) in [6.45, 7) is 0. The quantitative estimate of drug-likeness (QED) is 0.214. The number of esters is 2. The predicted molar refractivity (Wildman–Crippen MR) is 28.7 cm³/mol. The number of nitrogens with one attached hydrogen (secondary N) is 1. The number of carbonyl (C=O) groups excluding carboxylic acids is 3. The molecule has 0 atom stereocenters. The van der Waals surface area contributed by atoms with Crippen LogP contribution in [0, 0.1) is 5.41 Å². The molecule has 0 amide bonds. The highest BCUT2D eigenvalue weighted by Gasteiger charge is 2.10. The molecule has 0 saturated heterocycles. The van der Waals surface area contributed by atoms with Gasteiger partial charge in [-0.1, -0.05) is 0 Å². The first-order valence-electron chi connectivity index (χ1n) is 2.18. The van der Waals surface area contributed by atoms with Crippen molar-refractivity contribution in [1.29, 1.82) is 5.41 Å². The van der Waals surface area contributed by atoms with Crippen molar-refractivity contribution in [2.24, 2.45) is 0 Å². The lowest BCUT2D eigenvalue weighted by molar-refractivity contribution is -0.150. The number of ether oxygens (including phenoxy) is 1. The molecule has 5 nitrogen and oxygen atoms in total. The van der Waals surface area contributed by atoms with Gasteiger partial charge in [-0.3, -0.25) is 0 Å². The molecule has 0 aliphatic carbocycles. The molecular weight excluding hydrogens is 138 g/mol. The molecular formula is C5H3NO4. The molecule has 1 aliphatic rings. The third-order valence-electron chi connectivity index (χ3n) is 0.557. The van der Waals surface area contributed by atoms with E-state index in [4.69, 9.17) is 10.2 Å². The van der Waals surface area contributed by atoms with Gasteiger partial charge in [0.2, 0.25) is 6.08 Å². The molecule has 0 aromatic rings. The highest BCUT2D eigenvalue weighted by Crippen LogP contribution is 1.92. The van der Waals surface area contributed by atoms with E-state index >= 15 is 0 Å². The average molecular weight is 141 g/mol. The molecule has 1 rings (SSSR count). The van der Waals surface area contributed by atoms with E-state index in [1.165, 1.54) is 0 Å². The van der Waals surface area contributed by atoms with Gasteiger partial charge in [-0.05, 0) is 0 Å². The summed E-state index contributed by atoms with van der Waals surface area (Å²) in [5, 5.41) is 5.40. The molecule has 0 spiro atoms. The molecule has 0 aromatic carbocycles. The fraction of sp³-hybridized carbons (Fsp3) is 0. The maximum absolute atomic E-state index is 9.92. The highest BCUT2D eigenvalue weighted by atomic mass is 16.6. The van der Waals surface area contributed by atoms with Crippen LogP contribution in [0.25, 0.3) is 0 Å². The van der Waals surface area contributed by atoms with E-state index in [1.54, 1.807) is 0 Å². The summed E-state index contributed by atoms with van der Waals surface area (Å²) in [7, 11) is 0. The van der Waals surface area contributed by atoms with E-state index < -0.39 is 11.9 Å². The van der Waals surface area contributed by atoms with E-state index in [0.29, 0.717) is 0 Å². The molecule has 1 heterocycles. The zero-order valence-corrected chi connectivity index (χ0v) is 4.79. The Labute approximate surface area is 55.8 Å².